The molecule has 3 aromatic rings. The van der Waals surface area contributed by atoms with Crippen LogP contribution in [0.3, 0.4) is 0 Å². The Bertz CT molecular complexity index is 1250. The van der Waals surface area contributed by atoms with Crippen LogP contribution in [0.5, 0.6) is 0 Å². The summed E-state index contributed by atoms with van der Waals surface area (Å²) in [5, 5.41) is 7.00. The molecular weight excluding hydrogens is 516 g/mol. The normalized spacial score (nSPS) is 16.9. The van der Waals surface area contributed by atoms with Crippen molar-refractivity contribution in [3.05, 3.63) is 95.6 Å². The van der Waals surface area contributed by atoms with E-state index in [-0.39, 0.29) is 12.1 Å². The van der Waals surface area contributed by atoms with Crippen molar-refractivity contribution in [1.29, 1.82) is 0 Å². The van der Waals surface area contributed by atoms with Crippen LogP contribution < -0.4 is 10.6 Å². The summed E-state index contributed by atoms with van der Waals surface area (Å²) in [5.41, 5.74) is 6.30. The summed E-state index contributed by atoms with van der Waals surface area (Å²) in [5.74, 6) is 0.638. The minimum Gasteiger partial charge on any atom is -0.335 e. The fourth-order valence-electron chi connectivity index (χ4n) is 6.51. The molecule has 2 fully saturated rings. The van der Waals surface area contributed by atoms with E-state index in [0.717, 1.165) is 58.4 Å². The molecule has 1 aliphatic carbocycles. The summed E-state index contributed by atoms with van der Waals surface area (Å²) in [6.07, 6.45) is 7.96. The average Bonchev–Trinajstić information content (AvgIpc) is 3.01. The number of hydrogen-bond acceptors (Lipinski definition) is 3. The third kappa shape index (κ3) is 8.92. The summed E-state index contributed by atoms with van der Waals surface area (Å²) in [6, 6.07) is 29.1. The van der Waals surface area contributed by atoms with Gasteiger partial charge in [0.2, 0.25) is 0 Å². The highest BCUT2D eigenvalue weighted by Gasteiger charge is 2.29. The number of urea groups is 1. The van der Waals surface area contributed by atoms with Gasteiger partial charge in [-0.15, -0.1) is 0 Å². The van der Waals surface area contributed by atoms with Crippen LogP contribution in [0.2, 0.25) is 0 Å². The molecule has 224 valence electrons. The zero-order chi connectivity index (χ0) is 29.1. The Kier molecular flexibility index (Phi) is 11.1. The van der Waals surface area contributed by atoms with E-state index in [2.05, 4.69) is 113 Å². The summed E-state index contributed by atoms with van der Waals surface area (Å²) in [7, 11) is 0. The third-order valence-electron chi connectivity index (χ3n) is 8.86. The van der Waals surface area contributed by atoms with Crippen LogP contribution in [0, 0.1) is 5.92 Å². The van der Waals surface area contributed by atoms with E-state index in [0.29, 0.717) is 18.5 Å². The highest BCUT2D eigenvalue weighted by molar-refractivity contribution is 5.75. The molecule has 42 heavy (non-hydrogen) atoms. The van der Waals surface area contributed by atoms with Crippen molar-refractivity contribution in [2.24, 2.45) is 5.92 Å². The van der Waals surface area contributed by atoms with Crippen LogP contribution in [0.15, 0.2) is 78.9 Å². The van der Waals surface area contributed by atoms with Gasteiger partial charge >= 0.3 is 6.03 Å². The second-order valence-electron chi connectivity index (χ2n) is 12.8. The molecule has 1 aliphatic heterocycles. The van der Waals surface area contributed by atoms with E-state index in [1.165, 1.54) is 47.1 Å². The van der Waals surface area contributed by atoms with Crippen molar-refractivity contribution in [3.63, 3.8) is 0 Å². The molecular formula is C37H50N4O. The minimum absolute atomic E-state index is 0.118. The van der Waals surface area contributed by atoms with Crippen LogP contribution in [-0.4, -0.2) is 47.5 Å². The Balaban J connectivity index is 1.28. The van der Waals surface area contributed by atoms with E-state index < -0.39 is 0 Å². The van der Waals surface area contributed by atoms with E-state index in [4.69, 9.17) is 0 Å². The quantitative estimate of drug-likeness (QED) is 0.251. The highest BCUT2D eigenvalue weighted by Crippen LogP contribution is 2.26. The molecule has 0 aromatic heterocycles. The van der Waals surface area contributed by atoms with Crippen molar-refractivity contribution >= 4 is 6.03 Å². The van der Waals surface area contributed by atoms with Gasteiger partial charge in [0, 0.05) is 44.8 Å². The minimum atomic E-state index is 0.118. The van der Waals surface area contributed by atoms with Gasteiger partial charge in [0.1, 0.15) is 0 Å². The van der Waals surface area contributed by atoms with Gasteiger partial charge in [-0.3, -0.25) is 4.90 Å². The molecule has 0 unspecified atom stereocenters. The number of benzene rings is 3. The van der Waals surface area contributed by atoms with Crippen molar-refractivity contribution in [2.45, 2.75) is 90.5 Å². The lowest BCUT2D eigenvalue weighted by Gasteiger charge is -2.39. The molecule has 3 aromatic carbocycles. The lowest BCUT2D eigenvalue weighted by molar-refractivity contribution is 0.110. The zero-order valence-electron chi connectivity index (χ0n) is 25.7. The highest BCUT2D eigenvalue weighted by atomic mass is 16.2. The standard InChI is InChI=1S/C37H50N4O/c1-29(2)25-38-26-31-13-9-15-33(23-31)34-16-10-14-32(24-34)28-41(37(42)39-35-17-7-4-8-18-35)36-19-21-40(22-20-36)27-30-11-5-3-6-12-30/h3,5-6,9-16,23-24,29,35-36,38H,4,7-8,17-22,25-28H2,1-2H3,(H,39,42). The Morgan fingerprint density at radius 3 is 2.14 bits per heavy atom. The van der Waals surface area contributed by atoms with Gasteiger partial charge in [-0.2, -0.15) is 0 Å². The molecule has 1 saturated carbocycles. The van der Waals surface area contributed by atoms with Crippen molar-refractivity contribution in [3.8, 4) is 11.1 Å². The van der Waals surface area contributed by atoms with Crippen LogP contribution in [0.1, 0.15) is 75.5 Å². The second-order valence-corrected chi connectivity index (χ2v) is 12.8. The lowest BCUT2D eigenvalue weighted by atomic mass is 9.95. The summed E-state index contributed by atoms with van der Waals surface area (Å²) >= 11 is 0. The van der Waals surface area contributed by atoms with Crippen molar-refractivity contribution in [2.75, 3.05) is 19.6 Å². The van der Waals surface area contributed by atoms with Crippen LogP contribution >= 0.6 is 0 Å². The van der Waals surface area contributed by atoms with Gasteiger partial charge in [0.25, 0.3) is 0 Å². The molecule has 5 rings (SSSR count). The summed E-state index contributed by atoms with van der Waals surface area (Å²) in [6.45, 7) is 10.0. The fourth-order valence-corrected chi connectivity index (χ4v) is 6.51. The van der Waals surface area contributed by atoms with Gasteiger partial charge in [-0.1, -0.05) is 99.8 Å². The number of carbonyl (C=O) groups excluding carboxylic acids is 1. The first kappa shape index (κ1) is 30.3. The van der Waals surface area contributed by atoms with Crippen molar-refractivity contribution in [1.82, 2.24) is 20.4 Å². The molecule has 5 heteroatoms. The van der Waals surface area contributed by atoms with Gasteiger partial charge < -0.3 is 15.5 Å². The van der Waals surface area contributed by atoms with Gasteiger partial charge in [-0.25, -0.2) is 4.79 Å². The van der Waals surface area contributed by atoms with E-state index in [1.807, 2.05) is 0 Å². The average molecular weight is 567 g/mol. The number of hydrogen-bond donors (Lipinski definition) is 2. The first-order chi connectivity index (χ1) is 20.5. The topological polar surface area (TPSA) is 47.6 Å². The number of rotatable bonds is 11. The molecule has 0 atom stereocenters. The maximum atomic E-state index is 13.8. The number of carbonyl (C=O) groups is 1. The van der Waals surface area contributed by atoms with Gasteiger partial charge in [0.15, 0.2) is 0 Å². The third-order valence-corrected chi connectivity index (χ3v) is 8.86. The maximum absolute atomic E-state index is 13.8. The van der Waals surface area contributed by atoms with E-state index in [1.54, 1.807) is 0 Å². The number of nitrogens with one attached hydrogen (secondary N) is 2. The number of piperidine rings is 1. The van der Waals surface area contributed by atoms with Crippen molar-refractivity contribution < 1.29 is 4.79 Å². The first-order valence-corrected chi connectivity index (χ1v) is 16.3. The van der Waals surface area contributed by atoms with Crippen LogP contribution in [0.4, 0.5) is 4.79 Å². The van der Waals surface area contributed by atoms with Gasteiger partial charge in [-0.05, 0) is 78.1 Å². The first-order valence-electron chi connectivity index (χ1n) is 16.3. The largest absolute Gasteiger partial charge is 0.335 e. The monoisotopic (exact) mass is 566 g/mol. The summed E-state index contributed by atoms with van der Waals surface area (Å²) in [4.78, 5) is 18.5. The second kappa shape index (κ2) is 15.4. The predicted molar refractivity (Wildman–Crippen MR) is 174 cm³/mol. The van der Waals surface area contributed by atoms with Crippen LogP contribution in [0.25, 0.3) is 11.1 Å². The Morgan fingerprint density at radius 2 is 1.45 bits per heavy atom. The molecule has 2 aliphatic rings. The molecule has 1 heterocycles. The smallest absolute Gasteiger partial charge is 0.318 e. The number of nitrogens with zero attached hydrogens (tertiary/aromatic N) is 2. The molecule has 0 spiro atoms. The van der Waals surface area contributed by atoms with Gasteiger partial charge in [0.05, 0.1) is 0 Å². The maximum Gasteiger partial charge on any atom is 0.318 e. The number of likely N-dealkylation sites (tertiary alicyclic amines) is 1. The molecule has 5 nitrogen and oxygen atoms in total. The Labute approximate surface area is 253 Å². The number of amides is 2. The molecule has 1 saturated heterocycles. The zero-order valence-corrected chi connectivity index (χ0v) is 25.7. The molecule has 0 bridgehead atoms. The predicted octanol–water partition coefficient (Wildman–Crippen LogP) is 7.61. The summed E-state index contributed by atoms with van der Waals surface area (Å²) < 4.78 is 0. The lowest BCUT2D eigenvalue weighted by Crippen LogP contribution is -2.52. The van der Waals surface area contributed by atoms with Crippen LogP contribution in [-0.2, 0) is 19.6 Å². The fraction of sp³-hybridized carbons (Fsp3) is 0.486. The SMILES string of the molecule is CC(C)CNCc1cccc(-c2cccc(CN(C(=O)NC3CCCCC3)C3CCN(Cc4ccccc4)CC3)c2)c1. The molecule has 0 radical (unpaired) electrons. The van der Waals surface area contributed by atoms with E-state index in [9.17, 15) is 4.79 Å². The Morgan fingerprint density at radius 1 is 0.810 bits per heavy atom. The Hall–Kier alpha value is -3.15. The molecule has 2 N–H and O–H groups in total. The van der Waals surface area contributed by atoms with E-state index >= 15 is 0 Å². The molecule has 2 amide bonds.